The zero-order chi connectivity index (χ0) is 17.5. The van der Waals surface area contributed by atoms with Crippen LogP contribution in [-0.4, -0.2) is 26.0 Å². The van der Waals surface area contributed by atoms with Crippen LogP contribution in [0.25, 0.3) is 0 Å². The molecule has 0 aliphatic carbocycles. The summed E-state index contributed by atoms with van der Waals surface area (Å²) in [6.07, 6.45) is -0.289. The molecule has 0 radical (unpaired) electrons. The Morgan fingerprint density at radius 1 is 0.917 bits per heavy atom. The van der Waals surface area contributed by atoms with Crippen molar-refractivity contribution in [3.05, 3.63) is 48.0 Å². The molecule has 2 aromatic rings. The first-order valence-corrected chi connectivity index (χ1v) is 7.40. The molecule has 0 aliphatic rings. The monoisotopic (exact) mass is 328 g/mol. The maximum atomic E-state index is 12.0. The summed E-state index contributed by atoms with van der Waals surface area (Å²) in [6, 6.07) is 12.3. The van der Waals surface area contributed by atoms with Crippen LogP contribution in [0.1, 0.15) is 12.0 Å². The summed E-state index contributed by atoms with van der Waals surface area (Å²) in [5, 5.41) is 5.36. The average Bonchev–Trinajstić information content (AvgIpc) is 2.55. The molecule has 6 nitrogen and oxygen atoms in total. The Labute approximate surface area is 140 Å². The van der Waals surface area contributed by atoms with Gasteiger partial charge in [-0.05, 0) is 48.9 Å². The van der Waals surface area contributed by atoms with Gasteiger partial charge in [0.15, 0.2) is 0 Å². The molecule has 0 saturated carbocycles. The van der Waals surface area contributed by atoms with Gasteiger partial charge in [-0.25, -0.2) is 0 Å². The van der Waals surface area contributed by atoms with E-state index in [1.807, 2.05) is 13.0 Å². The molecule has 2 N–H and O–H groups in total. The number of hydrogen-bond acceptors (Lipinski definition) is 4. The number of aryl methyl sites for hydroxylation is 1. The van der Waals surface area contributed by atoms with Crippen molar-refractivity contribution in [1.82, 2.24) is 0 Å². The minimum atomic E-state index is -0.412. The number of carbonyl (C=O) groups is 2. The van der Waals surface area contributed by atoms with Crippen molar-refractivity contribution in [2.24, 2.45) is 0 Å². The Bertz CT molecular complexity index is 726. The first-order chi connectivity index (χ1) is 11.5. The lowest BCUT2D eigenvalue weighted by atomic mass is 10.2. The van der Waals surface area contributed by atoms with Crippen LogP contribution in [0.15, 0.2) is 42.5 Å². The maximum absolute atomic E-state index is 12.0. The van der Waals surface area contributed by atoms with Crippen LogP contribution in [0, 0.1) is 6.92 Å². The van der Waals surface area contributed by atoms with E-state index in [1.54, 1.807) is 43.5 Å². The third-order valence-corrected chi connectivity index (χ3v) is 3.32. The summed E-state index contributed by atoms with van der Waals surface area (Å²) in [7, 11) is 3.09. The third kappa shape index (κ3) is 4.74. The quantitative estimate of drug-likeness (QED) is 0.799. The topological polar surface area (TPSA) is 76.7 Å². The van der Waals surface area contributed by atoms with Gasteiger partial charge in [0.1, 0.15) is 17.9 Å². The lowest BCUT2D eigenvalue weighted by Gasteiger charge is -2.11. The molecule has 0 aromatic heterocycles. The predicted molar refractivity (Wildman–Crippen MR) is 92.6 cm³/mol. The Balaban J connectivity index is 1.94. The van der Waals surface area contributed by atoms with Crippen LogP contribution in [0.5, 0.6) is 11.5 Å². The van der Waals surface area contributed by atoms with Crippen LogP contribution in [0.4, 0.5) is 11.4 Å². The van der Waals surface area contributed by atoms with Crippen LogP contribution in [-0.2, 0) is 9.59 Å². The third-order valence-electron chi connectivity index (χ3n) is 3.32. The highest BCUT2D eigenvalue weighted by atomic mass is 16.5. The van der Waals surface area contributed by atoms with Crippen LogP contribution < -0.4 is 20.1 Å². The highest BCUT2D eigenvalue weighted by Gasteiger charge is 2.12. The largest absolute Gasteiger partial charge is 0.497 e. The van der Waals surface area contributed by atoms with E-state index in [4.69, 9.17) is 9.47 Å². The fraction of sp³-hybridized carbons (Fsp3) is 0.222. The molecule has 2 amide bonds. The summed E-state index contributed by atoms with van der Waals surface area (Å²) < 4.78 is 10.2. The number of hydrogen-bond donors (Lipinski definition) is 2. The Hall–Kier alpha value is -3.02. The fourth-order valence-corrected chi connectivity index (χ4v) is 2.14. The number of rotatable bonds is 6. The molecule has 0 fully saturated rings. The van der Waals surface area contributed by atoms with Gasteiger partial charge in [0.05, 0.1) is 19.9 Å². The molecule has 2 aromatic carbocycles. The first kappa shape index (κ1) is 17.3. The minimum absolute atomic E-state index is 0.289. The molecule has 24 heavy (non-hydrogen) atoms. The lowest BCUT2D eigenvalue weighted by Crippen LogP contribution is -2.21. The van der Waals surface area contributed by atoms with Crippen molar-refractivity contribution in [3.8, 4) is 11.5 Å². The van der Waals surface area contributed by atoms with Crippen LogP contribution in [0.3, 0.4) is 0 Å². The van der Waals surface area contributed by atoms with Gasteiger partial charge in [0.2, 0.25) is 11.8 Å². The van der Waals surface area contributed by atoms with Crippen molar-refractivity contribution < 1.29 is 19.1 Å². The SMILES string of the molecule is COc1ccc(NC(=O)CC(=O)Nc2cc(C)ccc2OC)cc1. The van der Waals surface area contributed by atoms with Crippen molar-refractivity contribution in [1.29, 1.82) is 0 Å². The number of benzene rings is 2. The lowest BCUT2D eigenvalue weighted by molar-refractivity contribution is -0.123. The average molecular weight is 328 g/mol. The van der Waals surface area contributed by atoms with E-state index in [1.165, 1.54) is 7.11 Å². The number of amides is 2. The van der Waals surface area contributed by atoms with E-state index >= 15 is 0 Å². The van der Waals surface area contributed by atoms with Crippen molar-refractivity contribution in [2.75, 3.05) is 24.9 Å². The maximum Gasteiger partial charge on any atom is 0.233 e. The molecule has 0 atom stereocenters. The first-order valence-electron chi connectivity index (χ1n) is 7.40. The van der Waals surface area contributed by atoms with Gasteiger partial charge in [-0.15, -0.1) is 0 Å². The molecular formula is C18H20N2O4. The minimum Gasteiger partial charge on any atom is -0.497 e. The van der Waals surface area contributed by atoms with E-state index in [-0.39, 0.29) is 6.42 Å². The van der Waals surface area contributed by atoms with Crippen molar-refractivity contribution in [3.63, 3.8) is 0 Å². The number of anilines is 2. The van der Waals surface area contributed by atoms with E-state index in [0.29, 0.717) is 22.9 Å². The van der Waals surface area contributed by atoms with Gasteiger partial charge in [-0.3, -0.25) is 9.59 Å². The number of nitrogens with one attached hydrogen (secondary N) is 2. The number of carbonyl (C=O) groups excluding carboxylic acids is 2. The molecule has 0 heterocycles. The Morgan fingerprint density at radius 3 is 2.21 bits per heavy atom. The highest BCUT2D eigenvalue weighted by Crippen LogP contribution is 2.25. The van der Waals surface area contributed by atoms with Gasteiger partial charge in [-0.2, -0.15) is 0 Å². The summed E-state index contributed by atoms with van der Waals surface area (Å²) in [5.74, 6) is 0.427. The summed E-state index contributed by atoms with van der Waals surface area (Å²) in [4.78, 5) is 24.0. The molecule has 0 bridgehead atoms. The van der Waals surface area contributed by atoms with E-state index in [2.05, 4.69) is 10.6 Å². The van der Waals surface area contributed by atoms with Gasteiger partial charge in [0, 0.05) is 5.69 Å². The highest BCUT2D eigenvalue weighted by molar-refractivity contribution is 6.08. The molecule has 0 unspecified atom stereocenters. The molecule has 126 valence electrons. The second kappa shape index (κ2) is 8.01. The van der Waals surface area contributed by atoms with Crippen molar-refractivity contribution in [2.45, 2.75) is 13.3 Å². The molecule has 0 saturated heterocycles. The zero-order valence-corrected chi connectivity index (χ0v) is 13.9. The molecule has 6 heteroatoms. The molecule has 0 aliphatic heterocycles. The predicted octanol–water partition coefficient (Wildman–Crippen LogP) is 2.98. The summed E-state index contributed by atoms with van der Waals surface area (Å²) >= 11 is 0. The van der Waals surface area contributed by atoms with E-state index in [9.17, 15) is 9.59 Å². The summed E-state index contributed by atoms with van der Waals surface area (Å²) in [6.45, 7) is 1.91. The number of methoxy groups -OCH3 is 2. The standard InChI is InChI=1S/C18H20N2O4/c1-12-4-9-16(24-3)15(10-12)20-18(22)11-17(21)19-13-5-7-14(23-2)8-6-13/h4-10H,11H2,1-3H3,(H,19,21)(H,20,22). The normalized spacial score (nSPS) is 9.96. The van der Waals surface area contributed by atoms with Crippen molar-refractivity contribution >= 4 is 23.2 Å². The Kier molecular flexibility index (Phi) is 5.78. The smallest absolute Gasteiger partial charge is 0.233 e. The van der Waals surface area contributed by atoms with Gasteiger partial charge < -0.3 is 20.1 Å². The Morgan fingerprint density at radius 2 is 1.58 bits per heavy atom. The molecule has 2 rings (SSSR count). The fourth-order valence-electron chi connectivity index (χ4n) is 2.14. The van der Waals surface area contributed by atoms with E-state index < -0.39 is 11.8 Å². The van der Waals surface area contributed by atoms with Crippen LogP contribution in [0.2, 0.25) is 0 Å². The summed E-state index contributed by atoms with van der Waals surface area (Å²) in [5.41, 5.74) is 2.12. The van der Waals surface area contributed by atoms with Gasteiger partial charge in [0.25, 0.3) is 0 Å². The molecule has 0 spiro atoms. The second-order valence-electron chi connectivity index (χ2n) is 5.21. The molecular weight excluding hydrogens is 308 g/mol. The zero-order valence-electron chi connectivity index (χ0n) is 13.9. The number of ether oxygens (including phenoxy) is 2. The van der Waals surface area contributed by atoms with Gasteiger partial charge >= 0.3 is 0 Å². The second-order valence-corrected chi connectivity index (χ2v) is 5.21. The van der Waals surface area contributed by atoms with Crippen LogP contribution >= 0.6 is 0 Å². The van der Waals surface area contributed by atoms with E-state index in [0.717, 1.165) is 5.56 Å². The van der Waals surface area contributed by atoms with Gasteiger partial charge in [-0.1, -0.05) is 6.07 Å².